The minimum absolute atomic E-state index is 0.0287. The van der Waals surface area contributed by atoms with Crippen molar-refractivity contribution in [3.05, 3.63) is 0 Å². The Morgan fingerprint density at radius 3 is 2.00 bits per heavy atom. The Kier molecular flexibility index (Phi) is 5.88. The van der Waals surface area contributed by atoms with E-state index in [-0.39, 0.29) is 6.61 Å². The van der Waals surface area contributed by atoms with Crippen LogP contribution in [0.25, 0.3) is 0 Å². The van der Waals surface area contributed by atoms with E-state index in [1.165, 1.54) is 13.8 Å². The summed E-state index contributed by atoms with van der Waals surface area (Å²) in [5.74, 6) is -1.02. The molecule has 0 spiro atoms. The summed E-state index contributed by atoms with van der Waals surface area (Å²) >= 11 is 0. The molecule has 5 nitrogen and oxygen atoms in total. The molecule has 0 aliphatic heterocycles. The molecule has 0 unspecified atom stereocenters. The molecule has 0 aromatic carbocycles. The van der Waals surface area contributed by atoms with Gasteiger partial charge in [0, 0.05) is 26.9 Å². The van der Waals surface area contributed by atoms with E-state index in [0.29, 0.717) is 12.8 Å². The first kappa shape index (κ1) is 11.9. The van der Waals surface area contributed by atoms with Crippen LogP contribution in [-0.4, -0.2) is 29.9 Å². The van der Waals surface area contributed by atoms with Crippen molar-refractivity contribution < 1.29 is 24.2 Å². The van der Waals surface area contributed by atoms with Gasteiger partial charge >= 0.3 is 11.9 Å². The molecule has 76 valence electrons. The van der Waals surface area contributed by atoms with Crippen molar-refractivity contribution in [3.63, 3.8) is 0 Å². The molecule has 0 aliphatic carbocycles. The number of hydrogen-bond donors (Lipinski definition) is 1. The molecule has 0 amide bonds. The Morgan fingerprint density at radius 1 is 1.23 bits per heavy atom. The normalized spacial score (nSPS) is 9.85. The second kappa shape index (κ2) is 6.42. The monoisotopic (exact) mass is 190 g/mol. The first-order valence-electron chi connectivity index (χ1n) is 4.01. The van der Waals surface area contributed by atoms with Gasteiger partial charge in [0.05, 0.1) is 0 Å². The summed E-state index contributed by atoms with van der Waals surface area (Å²) in [6, 6.07) is 0. The average molecular weight is 190 g/mol. The summed E-state index contributed by atoms with van der Waals surface area (Å²) in [6.07, 6.45) is -0.136. The van der Waals surface area contributed by atoms with Crippen molar-refractivity contribution in [2.24, 2.45) is 0 Å². The van der Waals surface area contributed by atoms with Crippen LogP contribution < -0.4 is 0 Å². The van der Waals surface area contributed by atoms with E-state index in [2.05, 4.69) is 9.47 Å². The molecule has 0 radical (unpaired) electrons. The van der Waals surface area contributed by atoms with Gasteiger partial charge in [-0.1, -0.05) is 0 Å². The Labute approximate surface area is 76.6 Å². The quantitative estimate of drug-likeness (QED) is 0.495. The molecule has 0 aromatic rings. The fraction of sp³-hybridized carbons (Fsp3) is 0.750. The first-order valence-corrected chi connectivity index (χ1v) is 4.01. The van der Waals surface area contributed by atoms with Crippen LogP contribution in [-0.2, 0) is 19.1 Å². The zero-order chi connectivity index (χ0) is 10.3. The Balaban J connectivity index is 3.87. The van der Waals surface area contributed by atoms with Gasteiger partial charge in [-0.3, -0.25) is 9.59 Å². The molecular weight excluding hydrogens is 176 g/mol. The van der Waals surface area contributed by atoms with Gasteiger partial charge in [0.25, 0.3) is 0 Å². The largest absolute Gasteiger partial charge is 0.425 e. The molecule has 0 aromatic heterocycles. The van der Waals surface area contributed by atoms with Gasteiger partial charge in [-0.15, -0.1) is 0 Å². The predicted molar refractivity (Wildman–Crippen MR) is 43.6 cm³/mol. The third kappa shape index (κ3) is 7.27. The van der Waals surface area contributed by atoms with E-state index >= 15 is 0 Å². The van der Waals surface area contributed by atoms with Crippen molar-refractivity contribution in [2.45, 2.75) is 33.0 Å². The lowest BCUT2D eigenvalue weighted by Gasteiger charge is -2.15. The summed E-state index contributed by atoms with van der Waals surface area (Å²) in [6.45, 7) is 2.43. The summed E-state index contributed by atoms with van der Waals surface area (Å²) in [5.41, 5.74) is 0. The molecule has 1 N–H and O–H groups in total. The van der Waals surface area contributed by atoms with Gasteiger partial charge in [0.15, 0.2) is 0 Å². The van der Waals surface area contributed by atoms with Crippen LogP contribution in [0.4, 0.5) is 0 Å². The van der Waals surface area contributed by atoms with Gasteiger partial charge in [0.2, 0.25) is 6.29 Å². The van der Waals surface area contributed by atoms with Crippen molar-refractivity contribution in [2.75, 3.05) is 6.61 Å². The highest BCUT2D eigenvalue weighted by Crippen LogP contribution is 2.04. The number of esters is 2. The zero-order valence-corrected chi connectivity index (χ0v) is 7.78. The van der Waals surface area contributed by atoms with E-state index < -0.39 is 18.2 Å². The molecule has 0 heterocycles. The Bertz CT molecular complexity index is 161. The van der Waals surface area contributed by atoms with E-state index in [4.69, 9.17) is 5.11 Å². The number of aliphatic hydroxyl groups excluding tert-OH is 1. The van der Waals surface area contributed by atoms with Crippen molar-refractivity contribution in [1.29, 1.82) is 0 Å². The summed E-state index contributed by atoms with van der Waals surface area (Å²) in [7, 11) is 0. The predicted octanol–water partition coefficient (Wildman–Crippen LogP) is 0.211. The summed E-state index contributed by atoms with van der Waals surface area (Å²) < 4.78 is 9.34. The van der Waals surface area contributed by atoms with Crippen molar-refractivity contribution in [3.8, 4) is 0 Å². The molecule has 0 bridgehead atoms. The minimum Gasteiger partial charge on any atom is -0.425 e. The van der Waals surface area contributed by atoms with E-state index in [1.807, 2.05) is 0 Å². The fourth-order valence-electron chi connectivity index (χ4n) is 0.770. The molecule has 0 aliphatic rings. The highest BCUT2D eigenvalue weighted by Gasteiger charge is 2.13. The second-order valence-corrected chi connectivity index (χ2v) is 2.51. The van der Waals surface area contributed by atoms with Gasteiger partial charge in [-0.2, -0.15) is 0 Å². The lowest BCUT2D eigenvalue weighted by molar-refractivity contribution is -0.186. The standard InChI is InChI=1S/C8H14O5/c1-6(10)12-8(4-3-5-9)13-7(2)11/h8-9H,3-5H2,1-2H3. The van der Waals surface area contributed by atoms with Crippen LogP contribution in [0.3, 0.4) is 0 Å². The number of carbonyl (C=O) groups excluding carboxylic acids is 2. The van der Waals surface area contributed by atoms with E-state index in [0.717, 1.165) is 0 Å². The first-order chi connectivity index (χ1) is 6.06. The van der Waals surface area contributed by atoms with Gasteiger partial charge in [0.1, 0.15) is 0 Å². The lowest BCUT2D eigenvalue weighted by Crippen LogP contribution is -2.22. The molecule has 0 fully saturated rings. The van der Waals surface area contributed by atoms with Crippen LogP contribution in [0.15, 0.2) is 0 Å². The third-order valence-electron chi connectivity index (χ3n) is 1.19. The fourth-order valence-corrected chi connectivity index (χ4v) is 0.770. The van der Waals surface area contributed by atoms with Crippen LogP contribution in [0.1, 0.15) is 26.7 Å². The highest BCUT2D eigenvalue weighted by atomic mass is 16.7. The molecule has 0 atom stereocenters. The van der Waals surface area contributed by atoms with Crippen LogP contribution in [0.2, 0.25) is 0 Å². The molecule has 5 heteroatoms. The summed E-state index contributed by atoms with van der Waals surface area (Å²) in [5, 5.41) is 8.50. The topological polar surface area (TPSA) is 72.8 Å². The van der Waals surface area contributed by atoms with Crippen LogP contribution in [0.5, 0.6) is 0 Å². The third-order valence-corrected chi connectivity index (χ3v) is 1.19. The van der Waals surface area contributed by atoms with Crippen LogP contribution in [0, 0.1) is 0 Å². The van der Waals surface area contributed by atoms with Gasteiger partial charge in [-0.25, -0.2) is 0 Å². The maximum atomic E-state index is 10.5. The average Bonchev–Trinajstić information content (AvgIpc) is 1.98. The van der Waals surface area contributed by atoms with Crippen molar-refractivity contribution in [1.82, 2.24) is 0 Å². The zero-order valence-electron chi connectivity index (χ0n) is 7.78. The molecular formula is C8H14O5. The SMILES string of the molecule is CC(=O)OC(CCCO)OC(C)=O. The number of aliphatic hydroxyl groups is 1. The highest BCUT2D eigenvalue weighted by molar-refractivity contribution is 5.68. The lowest BCUT2D eigenvalue weighted by atomic mass is 10.3. The Morgan fingerprint density at radius 2 is 1.69 bits per heavy atom. The van der Waals surface area contributed by atoms with E-state index in [1.54, 1.807) is 0 Å². The molecule has 13 heavy (non-hydrogen) atoms. The van der Waals surface area contributed by atoms with Gasteiger partial charge in [-0.05, 0) is 6.42 Å². The Hall–Kier alpha value is -1.10. The number of carbonyl (C=O) groups is 2. The minimum atomic E-state index is -0.873. The number of rotatable bonds is 5. The van der Waals surface area contributed by atoms with Crippen LogP contribution >= 0.6 is 0 Å². The van der Waals surface area contributed by atoms with E-state index in [9.17, 15) is 9.59 Å². The van der Waals surface area contributed by atoms with Crippen molar-refractivity contribution >= 4 is 11.9 Å². The molecule has 0 rings (SSSR count). The second-order valence-electron chi connectivity index (χ2n) is 2.51. The number of ether oxygens (including phenoxy) is 2. The maximum absolute atomic E-state index is 10.5. The maximum Gasteiger partial charge on any atom is 0.305 e. The molecule has 0 saturated carbocycles. The van der Waals surface area contributed by atoms with Gasteiger partial charge < -0.3 is 14.6 Å². The smallest absolute Gasteiger partial charge is 0.305 e. The summed E-state index contributed by atoms with van der Waals surface area (Å²) in [4.78, 5) is 21.0. The number of hydrogen-bond acceptors (Lipinski definition) is 5. The molecule has 0 saturated heterocycles.